The second kappa shape index (κ2) is 8.31. The topological polar surface area (TPSA) is 77.8 Å². The van der Waals surface area contributed by atoms with Gasteiger partial charge in [0.15, 0.2) is 6.61 Å². The van der Waals surface area contributed by atoms with Gasteiger partial charge in [-0.15, -0.1) is 0 Å². The minimum absolute atomic E-state index is 0.0592. The van der Waals surface area contributed by atoms with Crippen molar-refractivity contribution in [3.8, 4) is 0 Å². The highest BCUT2D eigenvalue weighted by molar-refractivity contribution is 5.96. The summed E-state index contributed by atoms with van der Waals surface area (Å²) in [6.07, 6.45) is 0. The molecule has 0 unspecified atom stereocenters. The van der Waals surface area contributed by atoms with Gasteiger partial charge in [0.05, 0.1) is 6.61 Å². The number of rotatable bonds is 7. The standard InChI is InChI=1S/C20H19NO5/c1-24-12-16-15-9-5-6-10-17(15)26-19(16)20(23)25-13-18(22)21-11-14-7-3-2-4-8-14/h2-10H,11-13H2,1H3,(H,21,22). The largest absolute Gasteiger partial charge is 0.450 e. The number of methoxy groups -OCH3 is 1. The van der Waals surface area contributed by atoms with E-state index in [9.17, 15) is 9.59 Å². The van der Waals surface area contributed by atoms with E-state index in [1.807, 2.05) is 48.5 Å². The van der Waals surface area contributed by atoms with Gasteiger partial charge < -0.3 is 19.2 Å². The minimum atomic E-state index is -0.692. The summed E-state index contributed by atoms with van der Waals surface area (Å²) >= 11 is 0. The molecule has 3 rings (SSSR count). The Kier molecular flexibility index (Phi) is 5.66. The molecule has 1 N–H and O–H groups in total. The van der Waals surface area contributed by atoms with Gasteiger partial charge in [0.25, 0.3) is 5.91 Å². The van der Waals surface area contributed by atoms with Crippen LogP contribution < -0.4 is 5.32 Å². The Bertz CT molecular complexity index is 901. The number of carbonyl (C=O) groups is 2. The summed E-state index contributed by atoms with van der Waals surface area (Å²) in [5.41, 5.74) is 2.14. The second-order valence-corrected chi connectivity index (χ2v) is 5.68. The van der Waals surface area contributed by atoms with Crippen LogP contribution in [0.2, 0.25) is 0 Å². The van der Waals surface area contributed by atoms with Crippen molar-refractivity contribution in [1.29, 1.82) is 0 Å². The highest BCUT2D eigenvalue weighted by Gasteiger charge is 2.22. The van der Waals surface area contributed by atoms with Crippen LogP contribution in [-0.2, 0) is 27.4 Å². The van der Waals surface area contributed by atoms with Crippen LogP contribution in [0.1, 0.15) is 21.7 Å². The van der Waals surface area contributed by atoms with Gasteiger partial charge in [-0.1, -0.05) is 48.5 Å². The first-order valence-corrected chi connectivity index (χ1v) is 8.16. The normalized spacial score (nSPS) is 10.7. The number of amides is 1. The van der Waals surface area contributed by atoms with E-state index in [0.29, 0.717) is 17.7 Å². The van der Waals surface area contributed by atoms with Gasteiger partial charge in [-0.3, -0.25) is 4.79 Å². The fourth-order valence-electron chi connectivity index (χ4n) is 2.60. The van der Waals surface area contributed by atoms with Crippen LogP contribution >= 0.6 is 0 Å². The molecule has 0 saturated carbocycles. The lowest BCUT2D eigenvalue weighted by Gasteiger charge is -2.06. The first-order valence-electron chi connectivity index (χ1n) is 8.16. The maximum atomic E-state index is 12.3. The van der Waals surface area contributed by atoms with Gasteiger partial charge in [0.1, 0.15) is 5.58 Å². The molecule has 0 bridgehead atoms. The fraction of sp³-hybridized carbons (Fsp3) is 0.200. The SMILES string of the molecule is COCc1c(C(=O)OCC(=O)NCc2ccccc2)oc2ccccc12. The Morgan fingerprint density at radius 1 is 1.04 bits per heavy atom. The molecule has 0 atom stereocenters. The average Bonchev–Trinajstić information content (AvgIpc) is 3.04. The summed E-state index contributed by atoms with van der Waals surface area (Å²) in [4.78, 5) is 24.2. The first kappa shape index (κ1) is 17.7. The van der Waals surface area contributed by atoms with E-state index < -0.39 is 5.97 Å². The third-order valence-electron chi connectivity index (χ3n) is 3.84. The quantitative estimate of drug-likeness (QED) is 0.661. The summed E-state index contributed by atoms with van der Waals surface area (Å²) in [5, 5.41) is 3.49. The van der Waals surface area contributed by atoms with E-state index in [4.69, 9.17) is 13.9 Å². The van der Waals surface area contributed by atoms with Gasteiger partial charge in [0, 0.05) is 24.6 Å². The lowest BCUT2D eigenvalue weighted by molar-refractivity contribution is -0.124. The van der Waals surface area contributed by atoms with E-state index in [1.54, 1.807) is 6.07 Å². The highest BCUT2D eigenvalue weighted by atomic mass is 16.5. The van der Waals surface area contributed by atoms with Crippen LogP contribution in [0.3, 0.4) is 0 Å². The molecule has 1 heterocycles. The summed E-state index contributed by atoms with van der Waals surface area (Å²) in [6, 6.07) is 16.8. The predicted octanol–water partition coefficient (Wildman–Crippen LogP) is 3.05. The van der Waals surface area contributed by atoms with Crippen LogP contribution in [0, 0.1) is 0 Å². The van der Waals surface area contributed by atoms with Crippen molar-refractivity contribution in [3.05, 3.63) is 71.5 Å². The third-order valence-corrected chi connectivity index (χ3v) is 3.84. The number of benzene rings is 2. The molecule has 2 aromatic carbocycles. The molecule has 0 aliphatic heterocycles. The van der Waals surface area contributed by atoms with Gasteiger partial charge >= 0.3 is 5.97 Å². The molecule has 1 aromatic heterocycles. The van der Waals surface area contributed by atoms with Crippen molar-refractivity contribution in [2.75, 3.05) is 13.7 Å². The maximum absolute atomic E-state index is 12.3. The van der Waals surface area contributed by atoms with Crippen molar-refractivity contribution in [3.63, 3.8) is 0 Å². The monoisotopic (exact) mass is 353 g/mol. The molecule has 3 aromatic rings. The Morgan fingerprint density at radius 2 is 1.77 bits per heavy atom. The molecule has 0 saturated heterocycles. The van der Waals surface area contributed by atoms with E-state index >= 15 is 0 Å². The van der Waals surface area contributed by atoms with Crippen LogP contribution in [0.25, 0.3) is 11.0 Å². The summed E-state index contributed by atoms with van der Waals surface area (Å²) in [6.45, 7) is 0.202. The predicted molar refractivity (Wildman–Crippen MR) is 95.5 cm³/mol. The molecule has 1 amide bonds. The summed E-state index contributed by atoms with van der Waals surface area (Å²) in [7, 11) is 1.54. The minimum Gasteiger partial charge on any atom is -0.450 e. The molecule has 26 heavy (non-hydrogen) atoms. The zero-order chi connectivity index (χ0) is 18.4. The number of esters is 1. The van der Waals surface area contributed by atoms with Gasteiger partial charge in [-0.2, -0.15) is 0 Å². The van der Waals surface area contributed by atoms with Gasteiger partial charge in [-0.05, 0) is 11.6 Å². The van der Waals surface area contributed by atoms with Crippen molar-refractivity contribution in [1.82, 2.24) is 5.32 Å². The number of hydrogen-bond acceptors (Lipinski definition) is 5. The maximum Gasteiger partial charge on any atom is 0.375 e. The fourth-order valence-corrected chi connectivity index (χ4v) is 2.60. The molecular weight excluding hydrogens is 334 g/mol. The van der Waals surface area contributed by atoms with E-state index in [-0.39, 0.29) is 24.9 Å². The van der Waals surface area contributed by atoms with E-state index in [2.05, 4.69) is 5.32 Å². The van der Waals surface area contributed by atoms with Crippen molar-refractivity contribution < 1.29 is 23.5 Å². The Labute approximate surface area is 150 Å². The number of fused-ring (bicyclic) bond motifs is 1. The molecule has 6 heteroatoms. The molecule has 0 radical (unpaired) electrons. The Morgan fingerprint density at radius 3 is 2.54 bits per heavy atom. The lowest BCUT2D eigenvalue weighted by atomic mass is 10.1. The molecule has 134 valence electrons. The lowest BCUT2D eigenvalue weighted by Crippen LogP contribution is -2.28. The third kappa shape index (κ3) is 4.10. The van der Waals surface area contributed by atoms with Gasteiger partial charge in [0.2, 0.25) is 5.76 Å². The number of carbonyl (C=O) groups excluding carboxylic acids is 2. The highest BCUT2D eigenvalue weighted by Crippen LogP contribution is 2.27. The van der Waals surface area contributed by atoms with E-state index in [1.165, 1.54) is 7.11 Å². The molecule has 0 aliphatic rings. The number of nitrogens with one attached hydrogen (secondary N) is 1. The van der Waals surface area contributed by atoms with Crippen LogP contribution in [0.15, 0.2) is 59.0 Å². The average molecular weight is 353 g/mol. The molecule has 0 aliphatic carbocycles. The van der Waals surface area contributed by atoms with Crippen LogP contribution in [0.4, 0.5) is 0 Å². The van der Waals surface area contributed by atoms with Crippen LogP contribution in [-0.4, -0.2) is 25.6 Å². The van der Waals surface area contributed by atoms with Crippen LogP contribution in [0.5, 0.6) is 0 Å². The van der Waals surface area contributed by atoms with Crippen molar-refractivity contribution in [2.45, 2.75) is 13.2 Å². The number of furan rings is 1. The summed E-state index contributed by atoms with van der Waals surface area (Å²) in [5.74, 6) is -1.02. The number of hydrogen-bond donors (Lipinski definition) is 1. The second-order valence-electron chi connectivity index (χ2n) is 5.68. The molecule has 0 fully saturated rings. The molecule has 6 nitrogen and oxygen atoms in total. The smallest absolute Gasteiger partial charge is 0.375 e. The number of para-hydroxylation sites is 1. The zero-order valence-electron chi connectivity index (χ0n) is 14.4. The first-order chi connectivity index (χ1) is 12.7. The van der Waals surface area contributed by atoms with Gasteiger partial charge in [-0.25, -0.2) is 4.79 Å². The molecule has 0 spiro atoms. The zero-order valence-corrected chi connectivity index (χ0v) is 14.4. The van der Waals surface area contributed by atoms with E-state index in [0.717, 1.165) is 10.9 Å². The number of ether oxygens (including phenoxy) is 2. The Hall–Kier alpha value is -3.12. The summed E-state index contributed by atoms with van der Waals surface area (Å²) < 4.78 is 15.8. The van der Waals surface area contributed by atoms with Crippen molar-refractivity contribution >= 4 is 22.8 Å². The Balaban J connectivity index is 1.62. The molecular formula is C20H19NO5. The van der Waals surface area contributed by atoms with Crippen molar-refractivity contribution in [2.24, 2.45) is 0 Å².